The highest BCUT2D eigenvalue weighted by Gasteiger charge is 2.20. The third-order valence-corrected chi connectivity index (χ3v) is 4.80. The van der Waals surface area contributed by atoms with Crippen molar-refractivity contribution in [3.8, 4) is 5.69 Å². The molecule has 28 heavy (non-hydrogen) atoms. The van der Waals surface area contributed by atoms with Gasteiger partial charge in [0.05, 0.1) is 23.1 Å². The van der Waals surface area contributed by atoms with Crippen LogP contribution in [0.3, 0.4) is 0 Å². The fourth-order valence-corrected chi connectivity index (χ4v) is 3.22. The van der Waals surface area contributed by atoms with Crippen LogP contribution in [0, 0.1) is 0 Å². The fraction of sp³-hybridized carbons (Fsp3) is 0.273. The SMILES string of the molecule is CC(C)c1c(C(=O)NCc2cccc(N(C)C)c2)cnn1-c1ccc(Cl)cc1. The lowest BCUT2D eigenvalue weighted by atomic mass is 10.0. The van der Waals surface area contributed by atoms with Crippen LogP contribution >= 0.6 is 11.6 Å². The standard InChI is InChI=1S/C22H25ClN4O/c1-15(2)21-20(14-25-27(21)18-10-8-17(23)9-11-18)22(28)24-13-16-6-5-7-19(12-16)26(3)4/h5-12,14-15H,13H2,1-4H3,(H,24,28). The van der Waals surface area contributed by atoms with Gasteiger partial charge in [0.2, 0.25) is 0 Å². The summed E-state index contributed by atoms with van der Waals surface area (Å²) < 4.78 is 1.81. The van der Waals surface area contributed by atoms with Crippen molar-refractivity contribution in [2.24, 2.45) is 0 Å². The quantitative estimate of drug-likeness (QED) is 0.660. The Morgan fingerprint density at radius 2 is 1.89 bits per heavy atom. The lowest BCUT2D eigenvalue weighted by Gasteiger charge is -2.15. The molecule has 0 spiro atoms. The molecule has 0 fully saturated rings. The van der Waals surface area contributed by atoms with E-state index in [1.165, 1.54) is 0 Å². The molecule has 0 unspecified atom stereocenters. The molecular weight excluding hydrogens is 372 g/mol. The maximum absolute atomic E-state index is 12.9. The molecule has 0 bridgehead atoms. The van der Waals surface area contributed by atoms with Gasteiger partial charge in [-0.3, -0.25) is 4.79 Å². The van der Waals surface area contributed by atoms with Gasteiger partial charge in [-0.25, -0.2) is 4.68 Å². The second kappa shape index (κ2) is 8.48. The Balaban J connectivity index is 1.82. The van der Waals surface area contributed by atoms with Crippen molar-refractivity contribution in [2.75, 3.05) is 19.0 Å². The number of hydrogen-bond donors (Lipinski definition) is 1. The number of benzene rings is 2. The van der Waals surface area contributed by atoms with Crippen LogP contribution in [0.25, 0.3) is 5.69 Å². The van der Waals surface area contributed by atoms with Gasteiger partial charge in [0, 0.05) is 31.4 Å². The predicted octanol–water partition coefficient (Wildman–Crippen LogP) is 4.65. The number of halogens is 1. The van der Waals surface area contributed by atoms with E-state index in [-0.39, 0.29) is 11.8 Å². The van der Waals surface area contributed by atoms with Crippen LogP contribution in [0.2, 0.25) is 5.02 Å². The third-order valence-electron chi connectivity index (χ3n) is 4.55. The van der Waals surface area contributed by atoms with E-state index < -0.39 is 0 Å². The second-order valence-corrected chi connectivity index (χ2v) is 7.67. The largest absolute Gasteiger partial charge is 0.378 e. The van der Waals surface area contributed by atoms with Crippen LogP contribution in [0.5, 0.6) is 0 Å². The molecule has 5 nitrogen and oxygen atoms in total. The minimum Gasteiger partial charge on any atom is -0.378 e. The molecule has 3 aromatic rings. The summed E-state index contributed by atoms with van der Waals surface area (Å²) in [4.78, 5) is 14.9. The molecule has 0 saturated carbocycles. The van der Waals surface area contributed by atoms with Crippen molar-refractivity contribution in [3.05, 3.63) is 76.6 Å². The molecule has 1 N–H and O–H groups in total. The number of anilines is 1. The van der Waals surface area contributed by atoms with E-state index in [4.69, 9.17) is 11.6 Å². The van der Waals surface area contributed by atoms with Gasteiger partial charge in [0.1, 0.15) is 0 Å². The zero-order chi connectivity index (χ0) is 20.3. The number of nitrogens with one attached hydrogen (secondary N) is 1. The Kier molecular flexibility index (Phi) is 6.05. The molecule has 0 aliphatic rings. The number of hydrogen-bond acceptors (Lipinski definition) is 3. The van der Waals surface area contributed by atoms with Crippen molar-refractivity contribution >= 4 is 23.2 Å². The summed E-state index contributed by atoms with van der Waals surface area (Å²) in [6.45, 7) is 4.58. The summed E-state index contributed by atoms with van der Waals surface area (Å²) in [5.74, 6) is 0.00941. The lowest BCUT2D eigenvalue weighted by molar-refractivity contribution is 0.0949. The van der Waals surface area contributed by atoms with E-state index in [0.29, 0.717) is 17.1 Å². The molecular formula is C22H25ClN4O. The highest BCUT2D eigenvalue weighted by Crippen LogP contribution is 2.24. The summed E-state index contributed by atoms with van der Waals surface area (Å²) in [6.07, 6.45) is 1.63. The van der Waals surface area contributed by atoms with Gasteiger partial charge in [0.15, 0.2) is 0 Å². The number of carbonyl (C=O) groups is 1. The first-order valence-corrected chi connectivity index (χ1v) is 9.63. The van der Waals surface area contributed by atoms with Crippen LogP contribution < -0.4 is 10.2 Å². The first-order chi connectivity index (χ1) is 13.4. The monoisotopic (exact) mass is 396 g/mol. The van der Waals surface area contributed by atoms with Crippen molar-refractivity contribution in [3.63, 3.8) is 0 Å². The highest BCUT2D eigenvalue weighted by atomic mass is 35.5. The summed E-state index contributed by atoms with van der Waals surface area (Å²) in [6, 6.07) is 15.5. The Hall–Kier alpha value is -2.79. The van der Waals surface area contributed by atoms with Gasteiger partial charge in [0.25, 0.3) is 5.91 Å². The van der Waals surface area contributed by atoms with Crippen molar-refractivity contribution < 1.29 is 4.79 Å². The average molecular weight is 397 g/mol. The van der Waals surface area contributed by atoms with Crippen LogP contribution in [-0.2, 0) is 6.54 Å². The first kappa shape index (κ1) is 20.0. The van der Waals surface area contributed by atoms with Crippen LogP contribution in [0.15, 0.2) is 54.7 Å². The van der Waals surface area contributed by atoms with Gasteiger partial charge in [-0.2, -0.15) is 5.10 Å². The second-order valence-electron chi connectivity index (χ2n) is 7.23. The summed E-state index contributed by atoms with van der Waals surface area (Å²) >= 11 is 5.99. The molecule has 2 aromatic carbocycles. The molecule has 0 saturated heterocycles. The lowest BCUT2D eigenvalue weighted by Crippen LogP contribution is -2.24. The number of carbonyl (C=O) groups excluding carboxylic acids is 1. The summed E-state index contributed by atoms with van der Waals surface area (Å²) in [7, 11) is 4.00. The van der Waals surface area contributed by atoms with Crippen LogP contribution in [-0.4, -0.2) is 29.8 Å². The molecule has 3 rings (SSSR count). The van der Waals surface area contributed by atoms with Crippen LogP contribution in [0.4, 0.5) is 5.69 Å². The Labute approximate surface area is 170 Å². The van der Waals surface area contributed by atoms with Crippen molar-refractivity contribution in [1.82, 2.24) is 15.1 Å². The highest BCUT2D eigenvalue weighted by molar-refractivity contribution is 6.30. The molecule has 6 heteroatoms. The topological polar surface area (TPSA) is 50.2 Å². The maximum Gasteiger partial charge on any atom is 0.255 e. The van der Waals surface area contributed by atoms with Gasteiger partial charge in [-0.05, 0) is 47.9 Å². The smallest absolute Gasteiger partial charge is 0.255 e. The molecule has 0 atom stereocenters. The molecule has 0 aliphatic carbocycles. The van der Waals surface area contributed by atoms with E-state index in [1.807, 2.05) is 66.1 Å². The van der Waals surface area contributed by atoms with E-state index in [9.17, 15) is 4.79 Å². The Bertz CT molecular complexity index is 961. The third kappa shape index (κ3) is 4.37. The number of amides is 1. The molecule has 0 radical (unpaired) electrons. The summed E-state index contributed by atoms with van der Waals surface area (Å²) in [5, 5.41) is 8.14. The van der Waals surface area contributed by atoms with Gasteiger partial charge in [-0.1, -0.05) is 37.6 Å². The minimum absolute atomic E-state index is 0.126. The molecule has 1 aromatic heterocycles. The zero-order valence-electron chi connectivity index (χ0n) is 16.6. The molecule has 0 aliphatic heterocycles. The summed E-state index contributed by atoms with van der Waals surface area (Å²) in [5.41, 5.74) is 4.50. The average Bonchev–Trinajstić information content (AvgIpc) is 3.12. The predicted molar refractivity (Wildman–Crippen MR) is 115 cm³/mol. The number of nitrogens with zero attached hydrogens (tertiary/aromatic N) is 3. The van der Waals surface area contributed by atoms with Crippen LogP contribution in [0.1, 0.15) is 41.4 Å². The Morgan fingerprint density at radius 3 is 2.54 bits per heavy atom. The molecule has 1 heterocycles. The molecule has 146 valence electrons. The first-order valence-electron chi connectivity index (χ1n) is 9.25. The Morgan fingerprint density at radius 1 is 1.18 bits per heavy atom. The van der Waals surface area contributed by atoms with Gasteiger partial charge in [-0.15, -0.1) is 0 Å². The van der Waals surface area contributed by atoms with E-state index in [1.54, 1.807) is 6.20 Å². The number of aromatic nitrogens is 2. The van der Waals surface area contributed by atoms with E-state index in [0.717, 1.165) is 22.6 Å². The van der Waals surface area contributed by atoms with Crippen molar-refractivity contribution in [2.45, 2.75) is 26.3 Å². The fourth-order valence-electron chi connectivity index (χ4n) is 3.10. The van der Waals surface area contributed by atoms with Gasteiger partial charge >= 0.3 is 0 Å². The van der Waals surface area contributed by atoms with Gasteiger partial charge < -0.3 is 10.2 Å². The molecule has 1 amide bonds. The van der Waals surface area contributed by atoms with Crippen molar-refractivity contribution in [1.29, 1.82) is 0 Å². The normalized spacial score (nSPS) is 10.9. The maximum atomic E-state index is 12.9. The van der Waals surface area contributed by atoms with E-state index in [2.05, 4.69) is 30.3 Å². The zero-order valence-corrected chi connectivity index (χ0v) is 17.4. The van der Waals surface area contributed by atoms with E-state index >= 15 is 0 Å². The number of rotatable bonds is 6. The minimum atomic E-state index is -0.126.